The van der Waals surface area contributed by atoms with Crippen LogP contribution in [-0.2, 0) is 65.4 Å². The molecule has 0 amide bonds. The van der Waals surface area contributed by atoms with Gasteiger partial charge in [0.05, 0.1) is 26.4 Å². The molecule has 0 heterocycles. The van der Waals surface area contributed by atoms with Crippen LogP contribution in [0.2, 0.25) is 0 Å². The van der Waals surface area contributed by atoms with E-state index in [0.717, 1.165) is 102 Å². The summed E-state index contributed by atoms with van der Waals surface area (Å²) in [5, 5.41) is 10.6. The van der Waals surface area contributed by atoms with Gasteiger partial charge in [0.15, 0.2) is 12.2 Å². The Morgan fingerprint density at radius 3 is 0.716 bits per heavy atom. The second-order valence-corrected chi connectivity index (χ2v) is 31.3. The van der Waals surface area contributed by atoms with Crippen molar-refractivity contribution in [2.24, 2.45) is 11.8 Å². The standard InChI is InChI=1S/C76H148O17P2/c1-7-9-11-13-15-17-19-20-21-22-25-29-35-41-47-53-59-74(79)87-64-71(92-75(80)60-54-48-42-36-30-26-23-24-28-32-38-44-50-56-68(3)4)66-90-94(82,83)88-62-70(77)63-89-95(84,85)91-67-72(65-86-73(78)58-52-46-40-34-27-18-16-14-12-10-8-2)93-76(81)61-55-49-43-37-31-33-39-45-51-57-69(5)6/h68-72,77H,7-67H2,1-6H3,(H,82,83)(H,84,85)/t70-,71-,72-/m1/s1. The molecule has 0 aliphatic heterocycles. The zero-order chi connectivity index (χ0) is 70.0. The number of esters is 4. The molecule has 0 rings (SSSR count). The van der Waals surface area contributed by atoms with Crippen molar-refractivity contribution in [3.63, 3.8) is 0 Å². The van der Waals surface area contributed by atoms with Gasteiger partial charge < -0.3 is 33.8 Å². The highest BCUT2D eigenvalue weighted by Gasteiger charge is 2.30. The Labute approximate surface area is 581 Å². The molecule has 5 atom stereocenters. The van der Waals surface area contributed by atoms with Gasteiger partial charge in [-0.3, -0.25) is 37.3 Å². The first-order valence-electron chi connectivity index (χ1n) is 39.5. The summed E-state index contributed by atoms with van der Waals surface area (Å²) in [4.78, 5) is 72.8. The van der Waals surface area contributed by atoms with Crippen molar-refractivity contribution in [1.82, 2.24) is 0 Å². The van der Waals surface area contributed by atoms with Crippen LogP contribution in [0.25, 0.3) is 0 Å². The fourth-order valence-corrected chi connectivity index (χ4v) is 13.2. The first-order chi connectivity index (χ1) is 45.9. The first kappa shape index (κ1) is 93.1. The number of aliphatic hydroxyl groups excluding tert-OH is 1. The molecule has 3 N–H and O–H groups in total. The van der Waals surface area contributed by atoms with Gasteiger partial charge in [-0.15, -0.1) is 0 Å². The number of carbonyl (C=O) groups is 4. The van der Waals surface area contributed by atoms with Crippen LogP contribution < -0.4 is 0 Å². The minimum Gasteiger partial charge on any atom is -0.462 e. The van der Waals surface area contributed by atoms with Crippen LogP contribution in [0.5, 0.6) is 0 Å². The second-order valence-electron chi connectivity index (χ2n) is 28.3. The smallest absolute Gasteiger partial charge is 0.462 e. The van der Waals surface area contributed by atoms with E-state index in [1.165, 1.54) is 212 Å². The number of phosphoric ester groups is 2. The van der Waals surface area contributed by atoms with Crippen LogP contribution in [0.4, 0.5) is 0 Å². The Morgan fingerprint density at radius 2 is 0.484 bits per heavy atom. The van der Waals surface area contributed by atoms with Crippen LogP contribution >= 0.6 is 15.6 Å². The fraction of sp³-hybridized carbons (Fsp3) is 0.947. The highest BCUT2D eigenvalue weighted by atomic mass is 31.2. The van der Waals surface area contributed by atoms with Crippen LogP contribution in [-0.4, -0.2) is 96.7 Å². The van der Waals surface area contributed by atoms with E-state index in [1.54, 1.807) is 0 Å². The Hall–Kier alpha value is -1.94. The molecule has 0 saturated heterocycles. The van der Waals surface area contributed by atoms with Gasteiger partial charge in [0.25, 0.3) is 0 Å². The van der Waals surface area contributed by atoms with E-state index in [1.807, 2.05) is 0 Å². The number of hydrogen-bond acceptors (Lipinski definition) is 15. The third-order valence-electron chi connectivity index (χ3n) is 17.7. The monoisotopic (exact) mass is 1400 g/mol. The zero-order valence-corrected chi connectivity index (χ0v) is 63.8. The zero-order valence-electron chi connectivity index (χ0n) is 62.0. The lowest BCUT2D eigenvalue weighted by molar-refractivity contribution is -0.161. The highest BCUT2D eigenvalue weighted by molar-refractivity contribution is 7.47. The average Bonchev–Trinajstić information content (AvgIpc) is 1.31. The maximum Gasteiger partial charge on any atom is 0.472 e. The van der Waals surface area contributed by atoms with E-state index in [2.05, 4.69) is 41.5 Å². The van der Waals surface area contributed by atoms with E-state index in [9.17, 15) is 43.2 Å². The maximum absolute atomic E-state index is 13.1. The van der Waals surface area contributed by atoms with Gasteiger partial charge in [0.1, 0.15) is 19.3 Å². The van der Waals surface area contributed by atoms with E-state index < -0.39 is 97.5 Å². The minimum atomic E-state index is -4.96. The largest absolute Gasteiger partial charge is 0.472 e. The Morgan fingerprint density at radius 1 is 0.284 bits per heavy atom. The SMILES string of the molecule is CCCCCCCCCCCCCCCCCCC(=O)OC[C@H](COP(=O)(O)OC[C@@H](O)COP(=O)(O)OC[C@@H](COC(=O)CCCCCCCCCCCCC)OC(=O)CCCCCCCCCCCC(C)C)OC(=O)CCCCCCCCCCCCCCCC(C)C. The van der Waals surface area contributed by atoms with E-state index in [-0.39, 0.29) is 25.7 Å². The molecular weight excluding hydrogens is 1250 g/mol. The lowest BCUT2D eigenvalue weighted by Crippen LogP contribution is -2.30. The van der Waals surface area contributed by atoms with Crippen molar-refractivity contribution in [1.29, 1.82) is 0 Å². The van der Waals surface area contributed by atoms with Crippen LogP contribution in [0, 0.1) is 11.8 Å². The number of unbranched alkanes of at least 4 members (excludes halogenated alkanes) is 45. The summed E-state index contributed by atoms with van der Waals surface area (Å²) in [6.45, 7) is 9.59. The molecule has 0 aromatic heterocycles. The lowest BCUT2D eigenvalue weighted by atomic mass is 10.0. The average molecular weight is 1400 g/mol. The molecule has 19 heteroatoms. The molecule has 0 aliphatic carbocycles. The molecule has 17 nitrogen and oxygen atoms in total. The van der Waals surface area contributed by atoms with Crippen molar-refractivity contribution in [2.75, 3.05) is 39.6 Å². The van der Waals surface area contributed by atoms with Crippen molar-refractivity contribution in [3.05, 3.63) is 0 Å². The summed E-state index contributed by atoms with van der Waals surface area (Å²) >= 11 is 0. The summed E-state index contributed by atoms with van der Waals surface area (Å²) < 4.78 is 68.5. The normalized spacial score (nSPS) is 14.0. The van der Waals surface area contributed by atoms with Gasteiger partial charge in [-0.2, -0.15) is 0 Å². The van der Waals surface area contributed by atoms with Gasteiger partial charge in [-0.05, 0) is 37.5 Å². The summed E-state index contributed by atoms with van der Waals surface area (Å²) in [5.41, 5.74) is 0. The molecule has 564 valence electrons. The second kappa shape index (κ2) is 67.9. The topological polar surface area (TPSA) is 237 Å². The number of aliphatic hydroxyl groups is 1. The predicted octanol–water partition coefficient (Wildman–Crippen LogP) is 22.3. The Bertz CT molecular complexity index is 1840. The van der Waals surface area contributed by atoms with Crippen LogP contribution in [0.1, 0.15) is 395 Å². The predicted molar refractivity (Wildman–Crippen MR) is 386 cm³/mol. The molecule has 0 saturated carbocycles. The maximum atomic E-state index is 13.1. The number of rotatable bonds is 75. The summed E-state index contributed by atoms with van der Waals surface area (Å²) in [6.07, 6.45) is 55.4. The Kier molecular flexibility index (Phi) is 66.5. The molecule has 0 fully saturated rings. The van der Waals surface area contributed by atoms with Gasteiger partial charge >= 0.3 is 39.5 Å². The number of hydrogen-bond donors (Lipinski definition) is 3. The first-order valence-corrected chi connectivity index (χ1v) is 42.5. The van der Waals surface area contributed by atoms with Crippen molar-refractivity contribution >= 4 is 39.5 Å². The lowest BCUT2D eigenvalue weighted by Gasteiger charge is -2.21. The fourth-order valence-electron chi connectivity index (χ4n) is 11.7. The van der Waals surface area contributed by atoms with E-state index >= 15 is 0 Å². The van der Waals surface area contributed by atoms with Crippen LogP contribution in [0.15, 0.2) is 0 Å². The van der Waals surface area contributed by atoms with Crippen molar-refractivity contribution in [3.8, 4) is 0 Å². The summed E-state index contributed by atoms with van der Waals surface area (Å²) in [7, 11) is -9.91. The molecule has 0 aromatic carbocycles. The number of ether oxygens (including phenoxy) is 4. The molecule has 95 heavy (non-hydrogen) atoms. The summed E-state index contributed by atoms with van der Waals surface area (Å²) in [5.74, 6) is -0.591. The van der Waals surface area contributed by atoms with Crippen LogP contribution in [0.3, 0.4) is 0 Å². The molecule has 0 radical (unpaired) electrons. The minimum absolute atomic E-state index is 0.106. The number of phosphoric acid groups is 2. The van der Waals surface area contributed by atoms with Gasteiger partial charge in [0, 0.05) is 25.7 Å². The third-order valence-corrected chi connectivity index (χ3v) is 19.6. The molecular formula is C76H148O17P2. The Balaban J connectivity index is 5.25. The van der Waals surface area contributed by atoms with E-state index in [0.29, 0.717) is 25.7 Å². The molecule has 0 bridgehead atoms. The van der Waals surface area contributed by atoms with Crippen molar-refractivity contribution in [2.45, 2.75) is 413 Å². The quantitative estimate of drug-likeness (QED) is 0.0222. The van der Waals surface area contributed by atoms with Crippen molar-refractivity contribution < 1.29 is 80.2 Å². The van der Waals surface area contributed by atoms with Gasteiger partial charge in [-0.25, -0.2) is 9.13 Å². The third kappa shape index (κ3) is 70.3. The molecule has 0 spiro atoms. The molecule has 2 unspecified atom stereocenters. The molecule has 0 aliphatic rings. The van der Waals surface area contributed by atoms with Gasteiger partial charge in [0.2, 0.25) is 0 Å². The summed E-state index contributed by atoms with van der Waals surface area (Å²) in [6, 6.07) is 0. The highest BCUT2D eigenvalue weighted by Crippen LogP contribution is 2.45. The molecule has 0 aromatic rings. The number of carbonyl (C=O) groups excluding carboxylic acids is 4. The van der Waals surface area contributed by atoms with Gasteiger partial charge in [-0.1, -0.05) is 343 Å². The van der Waals surface area contributed by atoms with E-state index in [4.69, 9.17) is 37.0 Å².